The average molecular weight is 230 g/mol. The number of hydrogen-bond donors (Lipinski definition) is 0. The monoisotopic (exact) mass is 230 g/mol. The maximum atomic E-state index is 2.68. The number of thioether (sulfide) groups is 1. The van der Waals surface area contributed by atoms with Crippen LogP contribution in [-0.2, 0) is 0 Å². The van der Waals surface area contributed by atoms with Crippen molar-refractivity contribution in [3.63, 3.8) is 0 Å². The molecular weight excluding hydrogens is 204 g/mol. The van der Waals surface area contributed by atoms with E-state index >= 15 is 0 Å². The van der Waals surface area contributed by atoms with E-state index in [0.717, 1.165) is 6.04 Å². The summed E-state index contributed by atoms with van der Waals surface area (Å²) in [5.74, 6) is 2.70. The first-order chi connectivity index (χ1) is 7.40. The number of rotatable bonds is 3. The van der Waals surface area contributed by atoms with E-state index < -0.39 is 0 Å². The Labute approximate surface area is 99.4 Å². The van der Waals surface area contributed by atoms with Crippen molar-refractivity contribution in [2.45, 2.75) is 33.2 Å². The second-order valence-electron chi connectivity index (χ2n) is 4.06. The van der Waals surface area contributed by atoms with Crippen molar-refractivity contribution in [1.29, 1.82) is 0 Å². The smallest absolute Gasteiger partial charge is 0.0351 e. The van der Waals surface area contributed by atoms with Crippen LogP contribution in [0.3, 0.4) is 0 Å². The minimum atomic E-state index is 0.896. The van der Waals surface area contributed by atoms with E-state index in [-0.39, 0.29) is 0 Å². The molecule has 0 atom stereocenters. The van der Waals surface area contributed by atoms with Gasteiger partial charge in [-0.05, 0) is 13.0 Å². The molecule has 0 saturated carbocycles. The predicted octanol–water partition coefficient (Wildman–Crippen LogP) is 2.16. The maximum absolute atomic E-state index is 2.68. The van der Waals surface area contributed by atoms with Gasteiger partial charge in [-0.15, -0.1) is 0 Å². The second-order valence-corrected chi connectivity index (χ2v) is 5.29. The summed E-state index contributed by atoms with van der Waals surface area (Å²) in [4.78, 5) is 5.26. The van der Waals surface area contributed by atoms with Crippen LogP contribution in [0.25, 0.3) is 0 Å². The molecule has 2 nitrogen and oxygen atoms in total. The fourth-order valence-electron chi connectivity index (χ4n) is 2.21. The Morgan fingerprint density at radius 3 is 2.27 bits per heavy atom. The Bertz CT molecular complexity index is 152. The summed E-state index contributed by atoms with van der Waals surface area (Å²) in [6.07, 6.45) is 1.31. The van der Waals surface area contributed by atoms with Gasteiger partial charge in [0.1, 0.15) is 0 Å². The lowest BCUT2D eigenvalue weighted by atomic mass is 10.1. The van der Waals surface area contributed by atoms with E-state index in [2.05, 4.69) is 28.5 Å². The van der Waals surface area contributed by atoms with Gasteiger partial charge in [0.15, 0.2) is 0 Å². The van der Waals surface area contributed by atoms with Crippen LogP contribution in [0.4, 0.5) is 0 Å². The zero-order chi connectivity index (χ0) is 11.1. The summed E-state index contributed by atoms with van der Waals surface area (Å²) in [5, 5.41) is 0. The molecule has 0 unspecified atom stereocenters. The molecule has 2 heterocycles. The second kappa shape index (κ2) is 7.53. The highest BCUT2D eigenvalue weighted by Crippen LogP contribution is 2.19. The number of nitrogens with zero attached hydrogens (tertiary/aromatic N) is 2. The third kappa shape index (κ3) is 3.97. The molecule has 15 heavy (non-hydrogen) atoms. The lowest BCUT2D eigenvalue weighted by Gasteiger charge is -2.46. The molecular formula is C12H26N2S. The van der Waals surface area contributed by atoms with Crippen LogP contribution in [-0.4, -0.2) is 60.1 Å². The molecule has 0 aromatic carbocycles. The summed E-state index contributed by atoms with van der Waals surface area (Å²) in [7, 11) is 0. The Kier molecular flexibility index (Phi) is 6.69. The molecule has 0 aliphatic carbocycles. The van der Waals surface area contributed by atoms with Crippen LogP contribution in [0, 0.1) is 0 Å². The Hall–Kier alpha value is 0.270. The largest absolute Gasteiger partial charge is 0.300 e. The van der Waals surface area contributed by atoms with Gasteiger partial charge in [-0.2, -0.15) is 11.8 Å². The van der Waals surface area contributed by atoms with Crippen LogP contribution < -0.4 is 0 Å². The van der Waals surface area contributed by atoms with Crippen molar-refractivity contribution in [3.05, 3.63) is 0 Å². The Morgan fingerprint density at radius 2 is 1.73 bits per heavy atom. The van der Waals surface area contributed by atoms with Gasteiger partial charge in [0.25, 0.3) is 0 Å². The highest BCUT2D eigenvalue weighted by molar-refractivity contribution is 7.99. The summed E-state index contributed by atoms with van der Waals surface area (Å²) in [6, 6.07) is 0.896. The fraction of sp³-hybridized carbons (Fsp3) is 1.00. The molecule has 0 aromatic heterocycles. The first kappa shape index (κ1) is 13.3. The molecule has 0 bridgehead atoms. The molecule has 2 saturated heterocycles. The van der Waals surface area contributed by atoms with Gasteiger partial charge in [0.05, 0.1) is 0 Å². The van der Waals surface area contributed by atoms with Crippen molar-refractivity contribution < 1.29 is 0 Å². The van der Waals surface area contributed by atoms with Crippen molar-refractivity contribution in [3.8, 4) is 0 Å². The summed E-state index contributed by atoms with van der Waals surface area (Å²) in [6.45, 7) is 12.9. The third-order valence-electron chi connectivity index (χ3n) is 3.04. The standard InChI is InChI=1S/C10H20N2S.C2H6/c1-2-3-11-8-10(9-11)12-4-6-13-7-5-12;1-2/h10H,2-9H2,1H3;1-2H3. The molecule has 0 aromatic rings. The van der Waals surface area contributed by atoms with E-state index in [1.165, 1.54) is 50.7 Å². The zero-order valence-electron chi connectivity index (χ0n) is 10.5. The molecule has 90 valence electrons. The molecule has 2 aliphatic rings. The minimum Gasteiger partial charge on any atom is -0.300 e. The molecule has 0 N–H and O–H groups in total. The molecule has 3 heteroatoms. The van der Waals surface area contributed by atoms with E-state index in [4.69, 9.17) is 0 Å². The molecule has 2 aliphatic heterocycles. The SMILES string of the molecule is CC.CCCN1CC(N2CCSCC2)C1. The van der Waals surface area contributed by atoms with Gasteiger partial charge >= 0.3 is 0 Å². The number of likely N-dealkylation sites (tertiary alicyclic amines) is 1. The quantitative estimate of drug-likeness (QED) is 0.733. The third-order valence-corrected chi connectivity index (χ3v) is 3.98. The summed E-state index contributed by atoms with van der Waals surface area (Å²) >= 11 is 2.11. The van der Waals surface area contributed by atoms with Crippen LogP contribution >= 0.6 is 11.8 Å². The fourth-order valence-corrected chi connectivity index (χ4v) is 3.15. The normalized spacial score (nSPS) is 24.2. The molecule has 2 rings (SSSR count). The van der Waals surface area contributed by atoms with Gasteiger partial charge in [-0.1, -0.05) is 20.8 Å². The average Bonchev–Trinajstić information content (AvgIpc) is 2.27. The van der Waals surface area contributed by atoms with E-state index in [9.17, 15) is 0 Å². The van der Waals surface area contributed by atoms with Crippen LogP contribution in [0.5, 0.6) is 0 Å². The van der Waals surface area contributed by atoms with Gasteiger partial charge < -0.3 is 4.90 Å². The lowest BCUT2D eigenvalue weighted by molar-refractivity contribution is 0.0401. The molecule has 2 fully saturated rings. The molecule has 0 amide bonds. The lowest BCUT2D eigenvalue weighted by Crippen LogP contribution is -2.60. The van der Waals surface area contributed by atoms with E-state index in [1.807, 2.05) is 13.8 Å². The van der Waals surface area contributed by atoms with Gasteiger partial charge in [-0.3, -0.25) is 4.90 Å². The van der Waals surface area contributed by atoms with E-state index in [0.29, 0.717) is 0 Å². The highest BCUT2D eigenvalue weighted by atomic mass is 32.2. The van der Waals surface area contributed by atoms with Gasteiger partial charge in [-0.25, -0.2) is 0 Å². The zero-order valence-corrected chi connectivity index (χ0v) is 11.4. The van der Waals surface area contributed by atoms with Crippen molar-refractivity contribution in [2.24, 2.45) is 0 Å². The Morgan fingerprint density at radius 1 is 1.13 bits per heavy atom. The van der Waals surface area contributed by atoms with E-state index in [1.54, 1.807) is 0 Å². The summed E-state index contributed by atoms with van der Waals surface area (Å²) in [5.41, 5.74) is 0. The number of hydrogen-bond acceptors (Lipinski definition) is 3. The Balaban J connectivity index is 0.000000531. The van der Waals surface area contributed by atoms with Crippen LogP contribution in [0.15, 0.2) is 0 Å². The topological polar surface area (TPSA) is 6.48 Å². The van der Waals surface area contributed by atoms with Gasteiger partial charge in [0, 0.05) is 43.7 Å². The van der Waals surface area contributed by atoms with Crippen molar-refractivity contribution in [2.75, 3.05) is 44.2 Å². The van der Waals surface area contributed by atoms with Crippen LogP contribution in [0.2, 0.25) is 0 Å². The predicted molar refractivity (Wildman–Crippen MR) is 70.8 cm³/mol. The van der Waals surface area contributed by atoms with Crippen LogP contribution in [0.1, 0.15) is 27.2 Å². The minimum absolute atomic E-state index is 0.896. The highest BCUT2D eigenvalue weighted by Gasteiger charge is 2.31. The van der Waals surface area contributed by atoms with Crippen molar-refractivity contribution >= 4 is 11.8 Å². The van der Waals surface area contributed by atoms with Gasteiger partial charge in [0.2, 0.25) is 0 Å². The first-order valence-corrected chi connectivity index (χ1v) is 7.59. The molecule has 0 spiro atoms. The van der Waals surface area contributed by atoms with Crippen molar-refractivity contribution in [1.82, 2.24) is 9.80 Å². The summed E-state index contributed by atoms with van der Waals surface area (Å²) < 4.78 is 0. The first-order valence-electron chi connectivity index (χ1n) is 6.44. The maximum Gasteiger partial charge on any atom is 0.0351 e. The molecule has 0 radical (unpaired) electrons.